The second-order valence-corrected chi connectivity index (χ2v) is 6.73. The SMILES string of the molecule is Cn1nccc1CCC(=O)N1CCCCC1c1cc(=O)n2ccnc2[nH]1. The largest absolute Gasteiger partial charge is 0.334 e. The molecule has 26 heavy (non-hydrogen) atoms. The van der Waals surface area contributed by atoms with Crippen LogP contribution in [0.25, 0.3) is 5.78 Å². The van der Waals surface area contributed by atoms with E-state index < -0.39 is 0 Å². The van der Waals surface area contributed by atoms with E-state index in [4.69, 9.17) is 0 Å². The molecule has 4 rings (SSSR count). The molecule has 0 aliphatic carbocycles. The third-order valence-corrected chi connectivity index (χ3v) is 5.11. The first kappa shape index (κ1) is 16.6. The number of aryl methyl sites for hydroxylation is 2. The van der Waals surface area contributed by atoms with Crippen molar-refractivity contribution in [2.45, 2.75) is 38.1 Å². The molecule has 8 nitrogen and oxygen atoms in total. The van der Waals surface area contributed by atoms with Gasteiger partial charge in [-0.1, -0.05) is 0 Å². The predicted octanol–water partition coefficient (Wildman–Crippen LogP) is 1.44. The zero-order valence-corrected chi connectivity index (χ0v) is 14.8. The van der Waals surface area contributed by atoms with Crippen molar-refractivity contribution in [2.24, 2.45) is 7.05 Å². The molecule has 1 aliphatic rings. The third-order valence-electron chi connectivity index (χ3n) is 5.11. The molecule has 1 unspecified atom stereocenters. The molecule has 0 aromatic carbocycles. The summed E-state index contributed by atoms with van der Waals surface area (Å²) in [7, 11) is 1.88. The number of carbonyl (C=O) groups is 1. The van der Waals surface area contributed by atoms with Crippen LogP contribution in [0.5, 0.6) is 0 Å². The van der Waals surface area contributed by atoms with Crippen molar-refractivity contribution in [1.82, 2.24) is 29.0 Å². The van der Waals surface area contributed by atoms with Crippen LogP contribution in [0.1, 0.15) is 43.1 Å². The van der Waals surface area contributed by atoms with Crippen LogP contribution in [0.15, 0.2) is 35.5 Å². The van der Waals surface area contributed by atoms with Crippen molar-refractivity contribution >= 4 is 11.7 Å². The van der Waals surface area contributed by atoms with Crippen LogP contribution in [-0.2, 0) is 18.3 Å². The molecule has 0 saturated carbocycles. The molecule has 1 fully saturated rings. The molecule has 0 spiro atoms. The van der Waals surface area contributed by atoms with Crippen LogP contribution in [-0.4, -0.2) is 41.5 Å². The minimum Gasteiger partial charge on any atom is -0.334 e. The monoisotopic (exact) mass is 354 g/mol. The van der Waals surface area contributed by atoms with Gasteiger partial charge in [0.15, 0.2) is 0 Å². The molecular formula is C18H22N6O2. The summed E-state index contributed by atoms with van der Waals surface area (Å²) in [4.78, 5) is 34.5. The number of hydrogen-bond donors (Lipinski definition) is 1. The first-order valence-electron chi connectivity index (χ1n) is 8.96. The molecule has 1 N–H and O–H groups in total. The maximum atomic E-state index is 12.9. The Balaban J connectivity index is 1.56. The van der Waals surface area contributed by atoms with Crippen LogP contribution in [0, 0.1) is 0 Å². The van der Waals surface area contributed by atoms with E-state index in [1.807, 2.05) is 18.0 Å². The number of nitrogens with zero attached hydrogens (tertiary/aromatic N) is 5. The number of likely N-dealkylation sites (tertiary alicyclic amines) is 1. The van der Waals surface area contributed by atoms with Crippen LogP contribution < -0.4 is 5.56 Å². The minimum absolute atomic E-state index is 0.0998. The van der Waals surface area contributed by atoms with Gasteiger partial charge in [0.25, 0.3) is 5.56 Å². The molecule has 1 amide bonds. The van der Waals surface area contributed by atoms with Gasteiger partial charge in [-0.2, -0.15) is 5.10 Å². The number of nitrogens with one attached hydrogen (secondary N) is 1. The average Bonchev–Trinajstić information content (AvgIpc) is 3.28. The summed E-state index contributed by atoms with van der Waals surface area (Å²) in [6.07, 6.45) is 8.95. The Morgan fingerprint density at radius 1 is 1.35 bits per heavy atom. The fourth-order valence-electron chi connectivity index (χ4n) is 3.70. The van der Waals surface area contributed by atoms with E-state index in [1.165, 1.54) is 4.40 Å². The van der Waals surface area contributed by atoms with Gasteiger partial charge in [-0.25, -0.2) is 4.98 Å². The highest BCUT2D eigenvalue weighted by Crippen LogP contribution is 2.30. The van der Waals surface area contributed by atoms with Crippen LogP contribution in [0.4, 0.5) is 0 Å². The Hall–Kier alpha value is -2.90. The first-order chi connectivity index (χ1) is 12.6. The van der Waals surface area contributed by atoms with Crippen LogP contribution >= 0.6 is 0 Å². The van der Waals surface area contributed by atoms with Crippen LogP contribution in [0.2, 0.25) is 0 Å². The van der Waals surface area contributed by atoms with E-state index in [2.05, 4.69) is 15.1 Å². The number of hydrogen-bond acceptors (Lipinski definition) is 4. The number of aromatic amines is 1. The third kappa shape index (κ3) is 3.02. The summed E-state index contributed by atoms with van der Waals surface area (Å²) >= 11 is 0. The Bertz CT molecular complexity index is 985. The van der Waals surface area contributed by atoms with E-state index in [-0.39, 0.29) is 17.5 Å². The predicted molar refractivity (Wildman–Crippen MR) is 95.6 cm³/mol. The Morgan fingerprint density at radius 3 is 3.04 bits per heavy atom. The summed E-state index contributed by atoms with van der Waals surface area (Å²) < 4.78 is 3.27. The number of amides is 1. The minimum atomic E-state index is -0.126. The average molecular weight is 354 g/mol. The number of fused-ring (bicyclic) bond motifs is 1. The Morgan fingerprint density at radius 2 is 2.23 bits per heavy atom. The van der Waals surface area contributed by atoms with Gasteiger partial charge in [0, 0.05) is 56.1 Å². The standard InChI is InChI=1S/C18H22N6O2/c1-22-13(7-8-20-22)5-6-16(25)23-10-3-2-4-15(23)14-12-17(26)24-11-9-19-18(24)21-14/h7-9,11-12,15H,2-6,10H2,1H3,(H,19,21). The number of piperidine rings is 1. The molecule has 3 aromatic rings. The van der Waals surface area contributed by atoms with E-state index in [9.17, 15) is 9.59 Å². The zero-order valence-electron chi connectivity index (χ0n) is 14.8. The van der Waals surface area contributed by atoms with Crippen LogP contribution in [0.3, 0.4) is 0 Å². The Kier molecular flexibility index (Phi) is 4.32. The van der Waals surface area contributed by atoms with Gasteiger partial charge in [0.05, 0.1) is 6.04 Å². The second kappa shape index (κ2) is 6.78. The van der Waals surface area contributed by atoms with Gasteiger partial charge >= 0.3 is 0 Å². The highest BCUT2D eigenvalue weighted by Gasteiger charge is 2.29. The van der Waals surface area contributed by atoms with Crippen molar-refractivity contribution in [3.8, 4) is 0 Å². The van der Waals surface area contributed by atoms with Gasteiger partial charge in [-0.05, 0) is 31.7 Å². The summed E-state index contributed by atoms with van der Waals surface area (Å²) in [6.45, 7) is 0.719. The van der Waals surface area contributed by atoms with Gasteiger partial charge in [-0.3, -0.25) is 18.7 Å². The van der Waals surface area contributed by atoms with E-state index in [1.54, 1.807) is 29.3 Å². The quantitative estimate of drug-likeness (QED) is 0.768. The zero-order chi connectivity index (χ0) is 18.1. The molecule has 4 heterocycles. The fraction of sp³-hybridized carbons (Fsp3) is 0.444. The number of carbonyl (C=O) groups excluding carboxylic acids is 1. The normalized spacial score (nSPS) is 17.7. The van der Waals surface area contributed by atoms with Crippen molar-refractivity contribution < 1.29 is 4.79 Å². The van der Waals surface area contributed by atoms with Crippen molar-refractivity contribution in [3.05, 3.63) is 52.5 Å². The van der Waals surface area contributed by atoms with Gasteiger partial charge in [0.2, 0.25) is 11.7 Å². The highest BCUT2D eigenvalue weighted by atomic mass is 16.2. The van der Waals surface area contributed by atoms with E-state index in [0.29, 0.717) is 18.6 Å². The first-order valence-corrected chi connectivity index (χ1v) is 8.96. The summed E-state index contributed by atoms with van der Waals surface area (Å²) in [5.41, 5.74) is 1.68. The highest BCUT2D eigenvalue weighted by molar-refractivity contribution is 5.77. The molecule has 136 valence electrons. The smallest absolute Gasteiger partial charge is 0.259 e. The van der Waals surface area contributed by atoms with Crippen molar-refractivity contribution in [2.75, 3.05) is 6.54 Å². The number of rotatable bonds is 4. The lowest BCUT2D eigenvalue weighted by Crippen LogP contribution is -2.39. The van der Waals surface area contributed by atoms with Gasteiger partial charge < -0.3 is 9.88 Å². The van der Waals surface area contributed by atoms with Crippen molar-refractivity contribution in [1.29, 1.82) is 0 Å². The lowest BCUT2D eigenvalue weighted by molar-refractivity contribution is -0.135. The topological polar surface area (TPSA) is 88.3 Å². The molecular weight excluding hydrogens is 332 g/mol. The van der Waals surface area contributed by atoms with Gasteiger partial charge in [0.1, 0.15) is 0 Å². The molecule has 1 atom stereocenters. The molecule has 8 heteroatoms. The lowest BCUT2D eigenvalue weighted by atomic mass is 9.98. The molecule has 0 bridgehead atoms. The molecule has 0 radical (unpaired) electrons. The molecule has 1 saturated heterocycles. The van der Waals surface area contributed by atoms with E-state index >= 15 is 0 Å². The summed E-state index contributed by atoms with van der Waals surface area (Å²) in [5.74, 6) is 0.625. The Labute approximate surface area is 150 Å². The number of H-pyrrole nitrogens is 1. The maximum absolute atomic E-state index is 12.9. The number of imidazole rings is 1. The summed E-state index contributed by atoms with van der Waals surface area (Å²) in [5, 5.41) is 4.15. The fourth-order valence-corrected chi connectivity index (χ4v) is 3.70. The molecule has 1 aliphatic heterocycles. The maximum Gasteiger partial charge on any atom is 0.259 e. The summed E-state index contributed by atoms with van der Waals surface area (Å²) in [6, 6.07) is 3.42. The van der Waals surface area contributed by atoms with Gasteiger partial charge in [-0.15, -0.1) is 0 Å². The van der Waals surface area contributed by atoms with Crippen molar-refractivity contribution in [3.63, 3.8) is 0 Å². The second-order valence-electron chi connectivity index (χ2n) is 6.73. The molecule has 3 aromatic heterocycles. The lowest BCUT2D eigenvalue weighted by Gasteiger charge is -2.35. The van der Waals surface area contributed by atoms with E-state index in [0.717, 1.165) is 37.2 Å². The number of aromatic nitrogens is 5.